The lowest BCUT2D eigenvalue weighted by Crippen LogP contribution is -2.27. The number of carbonyl (C=O) groups is 1. The number of hydrogen-bond donors (Lipinski definition) is 1. The van der Waals surface area contributed by atoms with E-state index < -0.39 is 4.92 Å². The molecule has 1 aromatic rings. The smallest absolute Gasteiger partial charge is 0.296 e. The molecule has 3 unspecified atom stereocenters. The molecular weight excluding hydrogens is 272 g/mol. The third-order valence-electron chi connectivity index (χ3n) is 4.73. The summed E-state index contributed by atoms with van der Waals surface area (Å²) in [7, 11) is 1.45. The van der Waals surface area contributed by atoms with Gasteiger partial charge in [-0.2, -0.15) is 0 Å². The van der Waals surface area contributed by atoms with Crippen LogP contribution in [-0.2, 0) is 4.79 Å². The Morgan fingerprint density at radius 3 is 2.76 bits per heavy atom. The quantitative estimate of drug-likeness (QED) is 0.682. The fraction of sp³-hybridized carbons (Fsp3) is 0.533. The molecule has 0 radical (unpaired) electrons. The van der Waals surface area contributed by atoms with E-state index in [9.17, 15) is 14.9 Å². The van der Waals surface area contributed by atoms with E-state index in [2.05, 4.69) is 5.32 Å². The number of nitrogens with one attached hydrogen (secondary N) is 1. The maximum absolute atomic E-state index is 12.4. The molecule has 2 aliphatic rings. The first-order valence-corrected chi connectivity index (χ1v) is 7.21. The first kappa shape index (κ1) is 13.9. The third-order valence-corrected chi connectivity index (χ3v) is 4.73. The van der Waals surface area contributed by atoms with Crippen LogP contribution in [0.3, 0.4) is 0 Å². The molecule has 0 aromatic heterocycles. The molecule has 2 bridgehead atoms. The van der Waals surface area contributed by atoms with Gasteiger partial charge in [-0.3, -0.25) is 14.9 Å². The zero-order chi connectivity index (χ0) is 15.0. The van der Waals surface area contributed by atoms with Crippen LogP contribution in [0.4, 0.5) is 11.4 Å². The van der Waals surface area contributed by atoms with Crippen molar-refractivity contribution in [1.82, 2.24) is 0 Å². The Bertz CT molecular complexity index is 587. The maximum atomic E-state index is 12.4. The van der Waals surface area contributed by atoms with Crippen LogP contribution < -0.4 is 10.1 Å². The van der Waals surface area contributed by atoms with Crippen molar-refractivity contribution < 1.29 is 14.5 Å². The number of benzene rings is 1. The Labute approximate surface area is 122 Å². The highest BCUT2D eigenvalue weighted by molar-refractivity contribution is 5.95. The highest BCUT2D eigenvalue weighted by atomic mass is 16.6. The molecule has 0 aliphatic heterocycles. The van der Waals surface area contributed by atoms with Crippen LogP contribution in [0.5, 0.6) is 5.75 Å². The van der Waals surface area contributed by atoms with Gasteiger partial charge in [0.1, 0.15) is 11.4 Å². The van der Waals surface area contributed by atoms with Crippen molar-refractivity contribution in [2.45, 2.75) is 25.7 Å². The number of nitrogens with zero attached hydrogens (tertiary/aromatic N) is 1. The van der Waals surface area contributed by atoms with Crippen LogP contribution in [0.1, 0.15) is 25.7 Å². The summed E-state index contributed by atoms with van der Waals surface area (Å²) in [6, 6.07) is 4.47. The monoisotopic (exact) mass is 290 g/mol. The molecule has 0 spiro atoms. The molecule has 2 saturated carbocycles. The fourth-order valence-electron chi connectivity index (χ4n) is 3.69. The number of anilines is 1. The van der Waals surface area contributed by atoms with Gasteiger partial charge in [0.15, 0.2) is 0 Å². The third kappa shape index (κ3) is 2.57. The minimum Gasteiger partial charge on any atom is -0.496 e. The largest absolute Gasteiger partial charge is 0.496 e. The van der Waals surface area contributed by atoms with Gasteiger partial charge in [-0.1, -0.05) is 6.42 Å². The van der Waals surface area contributed by atoms with E-state index in [4.69, 9.17) is 4.74 Å². The number of nitro groups is 1. The van der Waals surface area contributed by atoms with E-state index in [1.54, 1.807) is 6.07 Å². The number of rotatable bonds is 4. The molecule has 6 nitrogen and oxygen atoms in total. The SMILES string of the molecule is COc1ccc(NC(=O)C2CC3CCC2C3)c([N+](=O)[O-])c1. The first-order valence-electron chi connectivity index (χ1n) is 7.21. The first-order chi connectivity index (χ1) is 10.1. The van der Waals surface area contributed by atoms with Crippen LogP contribution in [0.25, 0.3) is 0 Å². The van der Waals surface area contributed by atoms with E-state index >= 15 is 0 Å². The van der Waals surface area contributed by atoms with Gasteiger partial charge >= 0.3 is 0 Å². The molecule has 112 valence electrons. The molecular formula is C15H18N2O4. The van der Waals surface area contributed by atoms with E-state index in [1.165, 1.54) is 25.7 Å². The van der Waals surface area contributed by atoms with Crippen molar-refractivity contribution in [1.29, 1.82) is 0 Å². The van der Waals surface area contributed by atoms with E-state index in [-0.39, 0.29) is 23.2 Å². The van der Waals surface area contributed by atoms with Gasteiger partial charge in [0, 0.05) is 5.92 Å². The number of carbonyl (C=O) groups excluding carboxylic acids is 1. The molecule has 1 aromatic carbocycles. The van der Waals surface area contributed by atoms with Crippen molar-refractivity contribution in [3.05, 3.63) is 28.3 Å². The lowest BCUT2D eigenvalue weighted by Gasteiger charge is -2.20. The van der Waals surface area contributed by atoms with Gasteiger partial charge in [-0.05, 0) is 43.2 Å². The van der Waals surface area contributed by atoms with Gasteiger partial charge in [0.05, 0.1) is 18.1 Å². The molecule has 2 aliphatic carbocycles. The molecule has 0 saturated heterocycles. The van der Waals surface area contributed by atoms with Gasteiger partial charge < -0.3 is 10.1 Å². The normalized spacial score (nSPS) is 26.6. The van der Waals surface area contributed by atoms with Crippen molar-refractivity contribution in [2.24, 2.45) is 17.8 Å². The summed E-state index contributed by atoms with van der Waals surface area (Å²) < 4.78 is 4.99. The predicted octanol–water partition coefficient (Wildman–Crippen LogP) is 2.98. The number of methoxy groups -OCH3 is 1. The Morgan fingerprint density at radius 2 is 2.19 bits per heavy atom. The maximum Gasteiger partial charge on any atom is 0.296 e. The van der Waals surface area contributed by atoms with Crippen molar-refractivity contribution in [3.63, 3.8) is 0 Å². The van der Waals surface area contributed by atoms with Gasteiger partial charge in [-0.15, -0.1) is 0 Å². The molecule has 1 N–H and O–H groups in total. The Morgan fingerprint density at radius 1 is 1.38 bits per heavy atom. The molecule has 0 heterocycles. The Balaban J connectivity index is 1.78. The fourth-order valence-corrected chi connectivity index (χ4v) is 3.69. The summed E-state index contributed by atoms with van der Waals surface area (Å²) >= 11 is 0. The molecule has 1 amide bonds. The van der Waals surface area contributed by atoms with Crippen LogP contribution in [-0.4, -0.2) is 17.9 Å². The van der Waals surface area contributed by atoms with Crippen LogP contribution in [0.15, 0.2) is 18.2 Å². The summed E-state index contributed by atoms with van der Waals surface area (Å²) in [6.45, 7) is 0. The molecule has 6 heteroatoms. The zero-order valence-electron chi connectivity index (χ0n) is 11.9. The van der Waals surface area contributed by atoms with Crippen LogP contribution in [0.2, 0.25) is 0 Å². The summed E-state index contributed by atoms with van der Waals surface area (Å²) in [5.74, 6) is 1.43. The number of hydrogen-bond acceptors (Lipinski definition) is 4. The van der Waals surface area contributed by atoms with Crippen molar-refractivity contribution in [2.75, 3.05) is 12.4 Å². The highest BCUT2D eigenvalue weighted by Gasteiger charge is 2.43. The molecule has 3 rings (SSSR count). The minimum atomic E-state index is -0.501. The topological polar surface area (TPSA) is 81.5 Å². The predicted molar refractivity (Wildman–Crippen MR) is 77.2 cm³/mol. The second kappa shape index (κ2) is 5.35. The van der Waals surface area contributed by atoms with Gasteiger partial charge in [-0.25, -0.2) is 0 Å². The summed E-state index contributed by atoms with van der Waals surface area (Å²) in [5.41, 5.74) is 0.111. The second-order valence-corrected chi connectivity index (χ2v) is 5.91. The summed E-state index contributed by atoms with van der Waals surface area (Å²) in [6.07, 6.45) is 4.37. The van der Waals surface area contributed by atoms with Gasteiger partial charge in [0.25, 0.3) is 5.69 Å². The summed E-state index contributed by atoms with van der Waals surface area (Å²) in [4.78, 5) is 23.0. The number of amides is 1. The number of nitro benzene ring substituents is 1. The van der Waals surface area contributed by atoms with Gasteiger partial charge in [0.2, 0.25) is 5.91 Å². The van der Waals surface area contributed by atoms with Crippen LogP contribution in [0, 0.1) is 27.9 Å². The molecule has 21 heavy (non-hydrogen) atoms. The lowest BCUT2D eigenvalue weighted by molar-refractivity contribution is -0.384. The average Bonchev–Trinajstić information content (AvgIpc) is 3.10. The molecule has 3 atom stereocenters. The van der Waals surface area contributed by atoms with Crippen molar-refractivity contribution >= 4 is 17.3 Å². The average molecular weight is 290 g/mol. The van der Waals surface area contributed by atoms with E-state index in [0.717, 1.165) is 19.3 Å². The highest BCUT2D eigenvalue weighted by Crippen LogP contribution is 2.48. The molecule has 2 fully saturated rings. The zero-order valence-corrected chi connectivity index (χ0v) is 11.9. The number of fused-ring (bicyclic) bond motifs is 2. The lowest BCUT2D eigenvalue weighted by atomic mass is 9.88. The second-order valence-electron chi connectivity index (χ2n) is 5.91. The summed E-state index contributed by atoms with van der Waals surface area (Å²) in [5, 5.41) is 13.9. The Kier molecular flexibility index (Phi) is 3.53. The Hall–Kier alpha value is -2.11. The van der Waals surface area contributed by atoms with E-state index in [0.29, 0.717) is 17.6 Å². The van der Waals surface area contributed by atoms with E-state index in [1.807, 2.05) is 0 Å². The van der Waals surface area contributed by atoms with Crippen molar-refractivity contribution in [3.8, 4) is 5.75 Å². The minimum absolute atomic E-state index is 0.00505. The standard InChI is InChI=1S/C15H18N2O4/c1-21-11-4-5-13(14(8-11)17(19)20)16-15(18)12-7-9-2-3-10(12)6-9/h4-5,8-10,12H,2-3,6-7H2,1H3,(H,16,18). The number of ether oxygens (including phenoxy) is 1. The van der Waals surface area contributed by atoms with Crippen LogP contribution >= 0.6 is 0 Å².